The first-order valence-electron chi connectivity index (χ1n) is 15.5. The van der Waals surface area contributed by atoms with Crippen molar-refractivity contribution in [2.75, 3.05) is 17.9 Å². The Labute approximate surface area is 266 Å². The molecule has 2 aliphatic carbocycles. The van der Waals surface area contributed by atoms with Crippen molar-refractivity contribution in [2.24, 2.45) is 11.3 Å². The molecule has 3 aliphatic rings. The minimum Gasteiger partial charge on any atom is -0.475 e. The molecule has 1 amide bonds. The molecule has 4 bridgehead atoms. The van der Waals surface area contributed by atoms with Gasteiger partial charge in [0.1, 0.15) is 6.61 Å². The number of nitrogens with one attached hydrogen (secondary N) is 1. The third-order valence-corrected chi connectivity index (χ3v) is 11.0. The lowest BCUT2D eigenvalue weighted by molar-refractivity contribution is -0.193. The Morgan fingerprint density at radius 1 is 1.02 bits per heavy atom. The zero-order chi connectivity index (χ0) is 32.9. The Morgan fingerprint density at radius 2 is 1.70 bits per heavy atom. The van der Waals surface area contributed by atoms with Crippen molar-refractivity contribution >= 4 is 21.9 Å². The number of alkyl halides is 3. The second-order valence-electron chi connectivity index (χ2n) is 12.8. The number of carbonyl (C=O) groups is 1. The Kier molecular flexibility index (Phi) is 8.51. The van der Waals surface area contributed by atoms with Gasteiger partial charge in [-0.3, -0.25) is 4.79 Å². The highest BCUT2D eigenvalue weighted by molar-refractivity contribution is 7.92. The lowest BCUT2D eigenvalue weighted by atomic mass is 9.84. The van der Waals surface area contributed by atoms with Crippen molar-refractivity contribution in [3.05, 3.63) is 65.2 Å². The molecule has 1 aliphatic heterocycles. The smallest absolute Gasteiger partial charge is 0.394 e. The number of fused-ring (bicyclic) bond motifs is 4. The van der Waals surface area contributed by atoms with Crippen LogP contribution < -0.4 is 9.46 Å². The van der Waals surface area contributed by atoms with E-state index in [2.05, 4.69) is 14.7 Å². The molecule has 3 aromatic rings. The molecule has 0 saturated heterocycles. The average molecular weight is 659 g/mol. The van der Waals surface area contributed by atoms with Crippen LogP contribution in [0.3, 0.4) is 0 Å². The number of halogens is 3. The van der Waals surface area contributed by atoms with Gasteiger partial charge in [0.25, 0.3) is 15.9 Å². The van der Waals surface area contributed by atoms with Crippen LogP contribution in [0.4, 0.5) is 19.1 Å². The number of ether oxygens (including phenoxy) is 1. The SMILES string of the molecule is Cc1cccc(C)c1-c1cc2nc(n1)NS(=O)(=O)c1cccc(c1)C(=O)N(C1CCC(CO)CC1)[C@H](CC1(C(F)(F)F)CC1)CO2. The lowest BCUT2D eigenvalue weighted by Crippen LogP contribution is -2.52. The van der Waals surface area contributed by atoms with Crippen LogP contribution in [0.1, 0.15) is 66.4 Å². The van der Waals surface area contributed by atoms with Gasteiger partial charge in [0, 0.05) is 29.8 Å². The van der Waals surface area contributed by atoms with Gasteiger partial charge < -0.3 is 14.7 Å². The number of nitrogens with zero attached hydrogens (tertiary/aromatic N) is 3. The standard InChI is InChI=1S/C33H37F3N4O5S/c1-20-5-3-6-21(2)29(20)27-16-28-38-31(37-27)39-46(43,44)26-8-4-7-23(15-26)30(42)40(24-11-9-22(18-41)10-12-24)25(19-45-28)17-32(13-14-32)33(34,35)36/h3-8,15-16,22,24-25,41H,9-14,17-19H2,1-2H3,(H,37,38,39)/t22?,24?,25-/m1/s1. The normalized spacial score (nSPS) is 24.1. The number of carbonyl (C=O) groups excluding carboxylic acids is 1. The molecule has 0 spiro atoms. The minimum absolute atomic E-state index is 0.00393. The van der Waals surface area contributed by atoms with Gasteiger partial charge in [-0.05, 0) is 94.0 Å². The van der Waals surface area contributed by atoms with Gasteiger partial charge >= 0.3 is 6.18 Å². The summed E-state index contributed by atoms with van der Waals surface area (Å²) in [5, 5.41) is 9.72. The van der Waals surface area contributed by atoms with Crippen LogP contribution in [0.25, 0.3) is 11.3 Å². The van der Waals surface area contributed by atoms with E-state index in [0.29, 0.717) is 31.4 Å². The van der Waals surface area contributed by atoms with Crippen LogP contribution in [-0.4, -0.2) is 65.8 Å². The molecule has 2 aromatic carbocycles. The van der Waals surface area contributed by atoms with Crippen LogP contribution in [0.5, 0.6) is 5.88 Å². The molecule has 1 atom stereocenters. The van der Waals surface area contributed by atoms with Crippen molar-refractivity contribution in [2.45, 2.75) is 81.9 Å². The Bertz CT molecular complexity index is 1720. The number of hydrogen-bond donors (Lipinski definition) is 2. The lowest BCUT2D eigenvalue weighted by Gasteiger charge is -2.42. The Hall–Kier alpha value is -3.71. The summed E-state index contributed by atoms with van der Waals surface area (Å²) < 4.78 is 78.9. The summed E-state index contributed by atoms with van der Waals surface area (Å²) in [6.07, 6.45) is -2.73. The van der Waals surface area contributed by atoms with E-state index in [-0.39, 0.29) is 60.7 Å². The Balaban J connectivity index is 1.50. The first kappa shape index (κ1) is 32.2. The summed E-state index contributed by atoms with van der Waals surface area (Å²) in [7, 11) is -4.28. The highest BCUT2D eigenvalue weighted by Gasteiger charge is 2.64. The topological polar surface area (TPSA) is 122 Å². The third-order valence-electron chi connectivity index (χ3n) is 9.66. The maximum Gasteiger partial charge on any atom is 0.394 e. The fraction of sp³-hybridized carbons (Fsp3) is 0.485. The van der Waals surface area contributed by atoms with Crippen LogP contribution in [0.2, 0.25) is 0 Å². The highest BCUT2D eigenvalue weighted by Crippen LogP contribution is 2.61. The van der Waals surface area contributed by atoms with Crippen LogP contribution in [0.15, 0.2) is 53.4 Å². The van der Waals surface area contributed by atoms with Crippen LogP contribution >= 0.6 is 0 Å². The fourth-order valence-corrected chi connectivity index (χ4v) is 7.86. The largest absolute Gasteiger partial charge is 0.475 e. The summed E-state index contributed by atoms with van der Waals surface area (Å²) in [6, 6.07) is 11.3. The van der Waals surface area contributed by atoms with E-state index < -0.39 is 39.6 Å². The number of sulfonamides is 1. The number of aliphatic hydroxyl groups is 1. The number of anilines is 1. The van der Waals surface area contributed by atoms with Gasteiger partial charge in [0.05, 0.1) is 22.0 Å². The van der Waals surface area contributed by atoms with E-state index >= 15 is 0 Å². The molecular weight excluding hydrogens is 621 g/mol. The second kappa shape index (κ2) is 12.1. The van der Waals surface area contributed by atoms with E-state index in [4.69, 9.17) is 4.74 Å². The molecule has 2 N–H and O–H groups in total. The van der Waals surface area contributed by atoms with Crippen LogP contribution in [0, 0.1) is 25.2 Å². The van der Waals surface area contributed by atoms with E-state index in [9.17, 15) is 31.5 Å². The zero-order valence-electron chi connectivity index (χ0n) is 25.7. The van der Waals surface area contributed by atoms with Gasteiger partial charge in [-0.15, -0.1) is 0 Å². The fourth-order valence-electron chi connectivity index (χ4n) is 6.88. The maximum absolute atomic E-state index is 14.4. The summed E-state index contributed by atoms with van der Waals surface area (Å²) in [5.74, 6) is -0.820. The number of aliphatic hydroxyl groups excluding tert-OH is 1. The second-order valence-corrected chi connectivity index (χ2v) is 14.5. The number of amides is 1. The molecule has 13 heteroatoms. The van der Waals surface area contributed by atoms with Crippen molar-refractivity contribution in [1.82, 2.24) is 14.9 Å². The van der Waals surface area contributed by atoms with Gasteiger partial charge in [0.2, 0.25) is 11.8 Å². The summed E-state index contributed by atoms with van der Waals surface area (Å²) in [4.78, 5) is 24.4. The number of aromatic nitrogens is 2. The molecule has 0 unspecified atom stereocenters. The summed E-state index contributed by atoms with van der Waals surface area (Å²) in [6.45, 7) is 3.48. The predicted molar refractivity (Wildman–Crippen MR) is 165 cm³/mol. The molecule has 2 fully saturated rings. The molecule has 1 aromatic heterocycles. The monoisotopic (exact) mass is 658 g/mol. The molecule has 2 heterocycles. The van der Waals surface area contributed by atoms with Gasteiger partial charge in [0.15, 0.2) is 0 Å². The van der Waals surface area contributed by atoms with Crippen molar-refractivity contribution in [1.29, 1.82) is 0 Å². The number of benzene rings is 2. The van der Waals surface area contributed by atoms with Crippen LogP contribution in [-0.2, 0) is 10.0 Å². The predicted octanol–water partition coefficient (Wildman–Crippen LogP) is 6.05. The first-order valence-corrected chi connectivity index (χ1v) is 17.0. The molecule has 0 radical (unpaired) electrons. The quantitative estimate of drug-likeness (QED) is 0.343. The minimum atomic E-state index is -4.47. The molecule has 46 heavy (non-hydrogen) atoms. The number of hydrogen-bond acceptors (Lipinski definition) is 7. The van der Waals surface area contributed by atoms with Crippen molar-refractivity contribution < 1.29 is 36.2 Å². The van der Waals surface area contributed by atoms with E-state index in [1.165, 1.54) is 29.2 Å². The first-order chi connectivity index (χ1) is 21.8. The maximum atomic E-state index is 14.4. The molecule has 6 rings (SSSR count). The van der Waals surface area contributed by atoms with E-state index in [1.807, 2.05) is 32.0 Å². The van der Waals surface area contributed by atoms with E-state index in [0.717, 1.165) is 16.7 Å². The summed E-state index contributed by atoms with van der Waals surface area (Å²) >= 11 is 0. The van der Waals surface area contributed by atoms with Crippen molar-refractivity contribution in [3.8, 4) is 17.1 Å². The van der Waals surface area contributed by atoms with Gasteiger partial charge in [-0.2, -0.15) is 18.2 Å². The molecule has 246 valence electrons. The van der Waals surface area contributed by atoms with Gasteiger partial charge in [-0.25, -0.2) is 18.1 Å². The van der Waals surface area contributed by atoms with Crippen molar-refractivity contribution in [3.63, 3.8) is 0 Å². The number of aryl methyl sites for hydroxylation is 2. The number of rotatable bonds is 5. The molecule has 9 nitrogen and oxygen atoms in total. The summed E-state index contributed by atoms with van der Waals surface area (Å²) in [5.41, 5.74) is 0.962. The van der Waals surface area contributed by atoms with Gasteiger partial charge in [-0.1, -0.05) is 24.3 Å². The molecule has 2 saturated carbocycles. The van der Waals surface area contributed by atoms with E-state index in [1.54, 1.807) is 6.07 Å². The Morgan fingerprint density at radius 3 is 2.33 bits per heavy atom. The third kappa shape index (κ3) is 6.31. The average Bonchev–Trinajstić information content (AvgIpc) is 3.81. The molecular formula is C33H37F3N4O5S. The zero-order valence-corrected chi connectivity index (χ0v) is 26.5. The highest BCUT2D eigenvalue weighted by atomic mass is 32.2.